The number of nitrogens with zero attached hydrogens (tertiary/aromatic N) is 1. The normalized spacial score (nSPS) is 10.5. The molecular weight excluding hydrogens is 414 g/mol. The third kappa shape index (κ3) is 4.39. The van der Waals surface area contributed by atoms with E-state index in [2.05, 4.69) is 0 Å². The molecule has 0 aliphatic rings. The molecule has 0 bridgehead atoms. The van der Waals surface area contributed by atoms with Crippen molar-refractivity contribution >= 4 is 12.3 Å². The van der Waals surface area contributed by atoms with Crippen molar-refractivity contribution in [1.82, 2.24) is 4.57 Å². The number of carboxylic acids is 1. The maximum Gasteiger partial charge on any atom is 0.352 e. The number of methoxy groups -OCH3 is 4. The van der Waals surface area contributed by atoms with Gasteiger partial charge in [-0.3, -0.25) is 4.79 Å². The molecule has 1 aromatic heterocycles. The standard InChI is InChI=1S/C24H25NO7/c1-29-20-7-5-15(11-22(20)31-3)9-10-25-18(24(27)28)13-17(19(25)14-26)16-6-8-21(30-2)23(12-16)32-4/h5-8,11-14H,9-10H2,1-4H3,(H,27,28). The molecule has 0 amide bonds. The van der Waals surface area contributed by atoms with Crippen molar-refractivity contribution in [1.29, 1.82) is 0 Å². The van der Waals surface area contributed by atoms with E-state index in [-0.39, 0.29) is 11.4 Å². The number of aromatic nitrogens is 1. The molecule has 8 nitrogen and oxygen atoms in total. The number of aryl methyl sites for hydroxylation is 1. The van der Waals surface area contributed by atoms with Crippen molar-refractivity contribution in [2.45, 2.75) is 13.0 Å². The Kier molecular flexibility index (Phi) is 7.04. The van der Waals surface area contributed by atoms with E-state index in [0.717, 1.165) is 5.56 Å². The van der Waals surface area contributed by atoms with Crippen LogP contribution < -0.4 is 18.9 Å². The Balaban J connectivity index is 2.01. The van der Waals surface area contributed by atoms with Crippen LogP contribution in [0.4, 0.5) is 0 Å². The van der Waals surface area contributed by atoms with E-state index < -0.39 is 5.97 Å². The molecule has 168 valence electrons. The predicted octanol–water partition coefficient (Wildman–Crippen LogP) is 3.94. The minimum absolute atomic E-state index is 0.0253. The van der Waals surface area contributed by atoms with Gasteiger partial charge in [0.15, 0.2) is 29.3 Å². The van der Waals surface area contributed by atoms with Gasteiger partial charge in [-0.15, -0.1) is 0 Å². The molecule has 0 saturated heterocycles. The number of carbonyl (C=O) groups is 2. The Morgan fingerprint density at radius 3 is 2.03 bits per heavy atom. The van der Waals surface area contributed by atoms with Gasteiger partial charge in [-0.2, -0.15) is 0 Å². The van der Waals surface area contributed by atoms with Crippen LogP contribution in [0.5, 0.6) is 23.0 Å². The molecule has 0 aliphatic carbocycles. The molecule has 0 unspecified atom stereocenters. The molecule has 32 heavy (non-hydrogen) atoms. The van der Waals surface area contributed by atoms with Crippen LogP contribution in [0.25, 0.3) is 11.1 Å². The third-order valence-electron chi connectivity index (χ3n) is 5.24. The number of ether oxygens (including phenoxy) is 4. The molecule has 1 heterocycles. The highest BCUT2D eigenvalue weighted by atomic mass is 16.5. The summed E-state index contributed by atoms with van der Waals surface area (Å²) >= 11 is 0. The molecule has 1 N–H and O–H groups in total. The van der Waals surface area contributed by atoms with E-state index in [1.807, 2.05) is 12.1 Å². The van der Waals surface area contributed by atoms with Gasteiger partial charge in [0.25, 0.3) is 0 Å². The second kappa shape index (κ2) is 9.91. The summed E-state index contributed by atoms with van der Waals surface area (Å²) < 4.78 is 22.7. The summed E-state index contributed by atoms with van der Waals surface area (Å²) in [5, 5.41) is 9.76. The Labute approximate surface area is 185 Å². The lowest BCUT2D eigenvalue weighted by atomic mass is 10.1. The number of rotatable bonds is 10. The molecule has 8 heteroatoms. The van der Waals surface area contributed by atoms with Gasteiger partial charge in [-0.25, -0.2) is 4.79 Å². The average molecular weight is 439 g/mol. The van der Waals surface area contributed by atoms with Gasteiger partial charge in [-0.1, -0.05) is 12.1 Å². The molecular formula is C24H25NO7. The highest BCUT2D eigenvalue weighted by molar-refractivity contribution is 5.95. The minimum Gasteiger partial charge on any atom is -0.493 e. The van der Waals surface area contributed by atoms with Crippen LogP contribution in [0.2, 0.25) is 0 Å². The fourth-order valence-corrected chi connectivity index (χ4v) is 3.62. The Hall–Kier alpha value is -3.94. The zero-order chi connectivity index (χ0) is 23.3. The minimum atomic E-state index is -1.12. The summed E-state index contributed by atoms with van der Waals surface area (Å²) in [7, 11) is 6.15. The second-order valence-electron chi connectivity index (χ2n) is 6.91. The molecule has 2 aromatic carbocycles. The van der Waals surface area contributed by atoms with Crippen LogP contribution in [0.15, 0.2) is 42.5 Å². The molecule has 0 saturated carbocycles. The van der Waals surface area contributed by atoms with E-state index in [1.165, 1.54) is 24.9 Å². The van der Waals surface area contributed by atoms with Crippen molar-refractivity contribution in [3.05, 3.63) is 59.4 Å². The lowest BCUT2D eigenvalue weighted by molar-refractivity contribution is 0.0685. The van der Waals surface area contributed by atoms with E-state index >= 15 is 0 Å². The van der Waals surface area contributed by atoms with Crippen molar-refractivity contribution in [3.63, 3.8) is 0 Å². The van der Waals surface area contributed by atoms with Crippen molar-refractivity contribution in [2.24, 2.45) is 0 Å². The highest BCUT2D eigenvalue weighted by Gasteiger charge is 2.21. The molecule has 0 radical (unpaired) electrons. The number of carboxylic acid groups (broad SMARTS) is 1. The monoisotopic (exact) mass is 439 g/mol. The van der Waals surface area contributed by atoms with E-state index in [4.69, 9.17) is 18.9 Å². The number of aldehydes is 1. The maximum absolute atomic E-state index is 12.0. The number of benzene rings is 2. The summed E-state index contributed by atoms with van der Waals surface area (Å²) in [5.74, 6) is 1.09. The summed E-state index contributed by atoms with van der Waals surface area (Å²) in [6, 6.07) is 12.2. The molecule has 0 atom stereocenters. The van der Waals surface area contributed by atoms with Crippen LogP contribution in [0.1, 0.15) is 26.5 Å². The van der Waals surface area contributed by atoms with Crippen LogP contribution >= 0.6 is 0 Å². The molecule has 0 spiro atoms. The van der Waals surface area contributed by atoms with Gasteiger partial charge < -0.3 is 28.6 Å². The van der Waals surface area contributed by atoms with Crippen molar-refractivity contribution in [2.75, 3.05) is 28.4 Å². The largest absolute Gasteiger partial charge is 0.493 e. The first kappa shape index (κ1) is 22.7. The summed E-state index contributed by atoms with van der Waals surface area (Å²) in [4.78, 5) is 24.0. The summed E-state index contributed by atoms with van der Waals surface area (Å²) in [5.41, 5.74) is 2.37. The maximum atomic E-state index is 12.0. The highest BCUT2D eigenvalue weighted by Crippen LogP contribution is 2.35. The molecule has 0 aliphatic heterocycles. The summed E-state index contributed by atoms with van der Waals surface area (Å²) in [6.07, 6.45) is 1.16. The fraction of sp³-hybridized carbons (Fsp3) is 0.250. The Bertz CT molecular complexity index is 1130. The van der Waals surface area contributed by atoms with E-state index in [0.29, 0.717) is 53.4 Å². The number of hydrogen-bond donors (Lipinski definition) is 1. The topological polar surface area (TPSA) is 96.2 Å². The van der Waals surface area contributed by atoms with Gasteiger partial charge in [0, 0.05) is 12.1 Å². The van der Waals surface area contributed by atoms with Crippen LogP contribution in [-0.2, 0) is 13.0 Å². The Morgan fingerprint density at radius 1 is 0.875 bits per heavy atom. The van der Waals surface area contributed by atoms with Gasteiger partial charge in [-0.05, 0) is 47.9 Å². The second-order valence-corrected chi connectivity index (χ2v) is 6.91. The van der Waals surface area contributed by atoms with Crippen LogP contribution in [-0.4, -0.2) is 50.4 Å². The smallest absolute Gasteiger partial charge is 0.352 e. The third-order valence-corrected chi connectivity index (χ3v) is 5.24. The fourth-order valence-electron chi connectivity index (χ4n) is 3.62. The predicted molar refractivity (Wildman–Crippen MR) is 119 cm³/mol. The van der Waals surface area contributed by atoms with Gasteiger partial charge in [0.1, 0.15) is 5.69 Å². The number of aromatic carboxylic acids is 1. The lowest BCUT2D eigenvalue weighted by Gasteiger charge is -2.12. The van der Waals surface area contributed by atoms with Crippen LogP contribution in [0, 0.1) is 0 Å². The van der Waals surface area contributed by atoms with Gasteiger partial charge in [0.05, 0.1) is 34.1 Å². The number of hydrogen-bond acceptors (Lipinski definition) is 6. The lowest BCUT2D eigenvalue weighted by Crippen LogP contribution is -2.13. The zero-order valence-electron chi connectivity index (χ0n) is 18.4. The molecule has 3 aromatic rings. The first-order valence-electron chi connectivity index (χ1n) is 9.82. The SMILES string of the molecule is COc1ccc(CCn2c(C(=O)O)cc(-c3ccc(OC)c(OC)c3)c2C=O)cc1OC. The average Bonchev–Trinajstić information content (AvgIpc) is 3.20. The van der Waals surface area contributed by atoms with Crippen LogP contribution in [0.3, 0.4) is 0 Å². The first-order valence-corrected chi connectivity index (χ1v) is 9.82. The quantitative estimate of drug-likeness (QED) is 0.478. The van der Waals surface area contributed by atoms with Gasteiger partial charge in [0.2, 0.25) is 0 Å². The van der Waals surface area contributed by atoms with Crippen molar-refractivity contribution in [3.8, 4) is 34.1 Å². The molecule has 0 fully saturated rings. The van der Waals surface area contributed by atoms with Gasteiger partial charge >= 0.3 is 5.97 Å². The summed E-state index contributed by atoms with van der Waals surface area (Å²) in [6.45, 7) is 0.290. The van der Waals surface area contributed by atoms with E-state index in [9.17, 15) is 14.7 Å². The number of carbonyl (C=O) groups excluding carboxylic acids is 1. The first-order chi connectivity index (χ1) is 15.5. The Morgan fingerprint density at radius 2 is 1.47 bits per heavy atom. The zero-order valence-corrected chi connectivity index (χ0v) is 18.4. The van der Waals surface area contributed by atoms with Crippen molar-refractivity contribution < 1.29 is 33.6 Å². The van der Waals surface area contributed by atoms with E-state index in [1.54, 1.807) is 38.5 Å². The molecule has 3 rings (SSSR count).